The molecule has 0 radical (unpaired) electrons. The maximum Gasteiger partial charge on any atom is 0.317 e. The van der Waals surface area contributed by atoms with E-state index >= 15 is 0 Å². The summed E-state index contributed by atoms with van der Waals surface area (Å²) >= 11 is 0. The smallest absolute Gasteiger partial charge is 0.317 e. The Kier molecular flexibility index (Phi) is 3.81. The molecule has 0 aromatic carbocycles. The lowest BCUT2D eigenvalue weighted by atomic mass is 9.53. The molecule has 1 heterocycles. The number of hydrogen-bond acceptors (Lipinski definition) is 3. The first kappa shape index (κ1) is 14.8. The Balaban J connectivity index is 1.35. The van der Waals surface area contributed by atoms with Crippen LogP contribution in [0.1, 0.15) is 38.5 Å². The van der Waals surface area contributed by atoms with Crippen molar-refractivity contribution >= 4 is 6.03 Å². The Hall–Kier alpha value is -0.810. The van der Waals surface area contributed by atoms with E-state index in [2.05, 4.69) is 10.2 Å². The molecule has 3 N–H and O–H groups in total. The molecule has 5 rings (SSSR count). The summed E-state index contributed by atoms with van der Waals surface area (Å²) in [6, 6.07) is 0.189. The molecule has 0 aromatic rings. The number of rotatable bonds is 3. The standard InChI is InChI=1S/C17H30N4O/c18-1-2-20-3-5-21(6-4-20)16(22)19-17-10-13-7-14(11-17)9-15(8-13)12-17/h13-15H,1-12,18H2,(H,19,22). The van der Waals surface area contributed by atoms with Crippen LogP contribution in [0.15, 0.2) is 0 Å². The van der Waals surface area contributed by atoms with Gasteiger partial charge in [0.2, 0.25) is 0 Å². The highest BCUT2D eigenvalue weighted by atomic mass is 16.2. The Labute approximate surface area is 133 Å². The maximum atomic E-state index is 12.7. The predicted molar refractivity (Wildman–Crippen MR) is 86.5 cm³/mol. The molecule has 5 heteroatoms. The minimum atomic E-state index is 0.139. The Bertz CT molecular complexity index is 395. The van der Waals surface area contributed by atoms with E-state index in [4.69, 9.17) is 5.73 Å². The monoisotopic (exact) mass is 306 g/mol. The quantitative estimate of drug-likeness (QED) is 0.825. The molecule has 4 saturated carbocycles. The second-order valence-electron chi connectivity index (χ2n) is 8.25. The number of carbonyl (C=O) groups is 1. The van der Waals surface area contributed by atoms with E-state index in [9.17, 15) is 4.79 Å². The molecule has 4 aliphatic carbocycles. The Morgan fingerprint density at radius 1 is 1.00 bits per heavy atom. The summed E-state index contributed by atoms with van der Waals surface area (Å²) in [6.45, 7) is 5.28. The van der Waals surface area contributed by atoms with E-state index < -0.39 is 0 Å². The summed E-state index contributed by atoms with van der Waals surface area (Å²) in [5, 5.41) is 3.48. The summed E-state index contributed by atoms with van der Waals surface area (Å²) in [7, 11) is 0. The van der Waals surface area contributed by atoms with E-state index in [1.165, 1.54) is 38.5 Å². The lowest BCUT2D eigenvalue weighted by Gasteiger charge is -2.57. The third kappa shape index (κ3) is 2.73. The summed E-state index contributed by atoms with van der Waals surface area (Å²) < 4.78 is 0. The Morgan fingerprint density at radius 2 is 1.55 bits per heavy atom. The van der Waals surface area contributed by atoms with E-state index in [-0.39, 0.29) is 11.6 Å². The van der Waals surface area contributed by atoms with Gasteiger partial charge < -0.3 is 16.0 Å². The molecule has 5 fully saturated rings. The van der Waals surface area contributed by atoms with Crippen molar-refractivity contribution in [1.29, 1.82) is 0 Å². The van der Waals surface area contributed by atoms with Gasteiger partial charge in [-0.1, -0.05) is 0 Å². The second-order valence-corrected chi connectivity index (χ2v) is 8.25. The molecule has 0 atom stereocenters. The van der Waals surface area contributed by atoms with Crippen molar-refractivity contribution in [3.63, 3.8) is 0 Å². The van der Waals surface area contributed by atoms with Gasteiger partial charge in [0.25, 0.3) is 0 Å². The van der Waals surface area contributed by atoms with Crippen molar-refractivity contribution in [3.8, 4) is 0 Å². The molecule has 5 aliphatic rings. The largest absolute Gasteiger partial charge is 0.333 e. The number of carbonyl (C=O) groups excluding carboxylic acids is 1. The number of nitrogens with one attached hydrogen (secondary N) is 1. The van der Waals surface area contributed by atoms with Crippen LogP contribution in [0.25, 0.3) is 0 Å². The highest BCUT2D eigenvalue weighted by molar-refractivity contribution is 5.75. The lowest BCUT2D eigenvalue weighted by molar-refractivity contribution is -0.0164. The first-order valence-electron chi connectivity index (χ1n) is 9.15. The van der Waals surface area contributed by atoms with Crippen LogP contribution < -0.4 is 11.1 Å². The molecule has 2 amide bonds. The van der Waals surface area contributed by atoms with Gasteiger partial charge in [-0.15, -0.1) is 0 Å². The SMILES string of the molecule is NCCN1CCN(C(=O)NC23CC4CC(CC(C4)C2)C3)CC1. The Morgan fingerprint density at radius 3 is 2.05 bits per heavy atom. The van der Waals surface area contributed by atoms with Gasteiger partial charge in [-0.2, -0.15) is 0 Å². The minimum Gasteiger partial charge on any atom is -0.333 e. The van der Waals surface area contributed by atoms with Crippen LogP contribution >= 0.6 is 0 Å². The highest BCUT2D eigenvalue weighted by Crippen LogP contribution is 2.55. The van der Waals surface area contributed by atoms with Crippen LogP contribution in [-0.4, -0.2) is 60.6 Å². The van der Waals surface area contributed by atoms with Crippen LogP contribution in [0.4, 0.5) is 4.79 Å². The van der Waals surface area contributed by atoms with Gasteiger partial charge in [0.1, 0.15) is 0 Å². The number of amides is 2. The summed E-state index contributed by atoms with van der Waals surface area (Å²) in [5.41, 5.74) is 5.75. The fourth-order valence-electron chi connectivity index (χ4n) is 5.93. The van der Waals surface area contributed by atoms with Crippen molar-refractivity contribution in [3.05, 3.63) is 0 Å². The average Bonchev–Trinajstić information content (AvgIpc) is 2.46. The number of nitrogens with two attached hydrogens (primary N) is 1. The van der Waals surface area contributed by atoms with Crippen LogP contribution in [-0.2, 0) is 0 Å². The zero-order valence-corrected chi connectivity index (χ0v) is 13.6. The summed E-state index contributed by atoms with van der Waals surface area (Å²) in [5.74, 6) is 2.65. The van der Waals surface area contributed by atoms with Gasteiger partial charge in [0.15, 0.2) is 0 Å². The van der Waals surface area contributed by atoms with Gasteiger partial charge in [0.05, 0.1) is 0 Å². The van der Waals surface area contributed by atoms with Crippen molar-refractivity contribution < 1.29 is 4.79 Å². The first-order valence-corrected chi connectivity index (χ1v) is 9.15. The van der Waals surface area contributed by atoms with Gasteiger partial charge in [-0.05, 0) is 56.3 Å². The molecule has 0 unspecified atom stereocenters. The molecule has 22 heavy (non-hydrogen) atoms. The average molecular weight is 306 g/mol. The van der Waals surface area contributed by atoms with Crippen LogP contribution in [0.3, 0.4) is 0 Å². The molecule has 1 aliphatic heterocycles. The van der Waals surface area contributed by atoms with Gasteiger partial charge in [-0.3, -0.25) is 4.90 Å². The number of urea groups is 1. The van der Waals surface area contributed by atoms with Gasteiger partial charge in [-0.25, -0.2) is 4.79 Å². The summed E-state index contributed by atoms with van der Waals surface area (Å²) in [6.07, 6.45) is 7.97. The number of piperazine rings is 1. The number of hydrogen-bond donors (Lipinski definition) is 2. The zero-order chi connectivity index (χ0) is 15.2. The topological polar surface area (TPSA) is 61.6 Å². The van der Waals surface area contributed by atoms with Crippen molar-refractivity contribution in [2.24, 2.45) is 23.5 Å². The zero-order valence-electron chi connectivity index (χ0n) is 13.6. The van der Waals surface area contributed by atoms with Gasteiger partial charge >= 0.3 is 6.03 Å². The molecular formula is C17H30N4O. The normalized spacial score (nSPS) is 41.0. The van der Waals surface area contributed by atoms with Crippen LogP contribution in [0.5, 0.6) is 0 Å². The second kappa shape index (κ2) is 5.68. The van der Waals surface area contributed by atoms with Crippen LogP contribution in [0, 0.1) is 17.8 Å². The molecule has 4 bridgehead atoms. The highest BCUT2D eigenvalue weighted by Gasteiger charge is 2.51. The third-order valence-electron chi connectivity index (χ3n) is 6.52. The maximum absolute atomic E-state index is 12.7. The fraction of sp³-hybridized carbons (Fsp3) is 0.941. The van der Waals surface area contributed by atoms with E-state index in [1.807, 2.05) is 4.90 Å². The van der Waals surface area contributed by atoms with Crippen molar-refractivity contribution in [2.45, 2.75) is 44.1 Å². The molecule has 0 spiro atoms. The van der Waals surface area contributed by atoms with E-state index in [1.54, 1.807) is 0 Å². The van der Waals surface area contributed by atoms with Gasteiger partial charge in [0, 0.05) is 44.8 Å². The van der Waals surface area contributed by atoms with Crippen LogP contribution in [0.2, 0.25) is 0 Å². The third-order valence-corrected chi connectivity index (χ3v) is 6.52. The molecular weight excluding hydrogens is 276 g/mol. The summed E-state index contributed by atoms with van der Waals surface area (Å²) in [4.78, 5) is 17.1. The predicted octanol–water partition coefficient (Wildman–Crippen LogP) is 1.24. The van der Waals surface area contributed by atoms with Crippen molar-refractivity contribution in [2.75, 3.05) is 39.3 Å². The first-order chi connectivity index (χ1) is 10.7. The lowest BCUT2D eigenvalue weighted by Crippen LogP contribution is -2.63. The van der Waals surface area contributed by atoms with E-state index in [0.717, 1.165) is 50.5 Å². The molecule has 124 valence electrons. The molecule has 1 saturated heterocycles. The molecule has 0 aromatic heterocycles. The van der Waals surface area contributed by atoms with E-state index in [0.29, 0.717) is 6.54 Å². The minimum absolute atomic E-state index is 0.139. The number of nitrogens with zero attached hydrogens (tertiary/aromatic N) is 2. The fourth-order valence-corrected chi connectivity index (χ4v) is 5.93. The molecule has 5 nitrogen and oxygen atoms in total. The van der Waals surface area contributed by atoms with Crippen molar-refractivity contribution in [1.82, 2.24) is 15.1 Å².